The molecule has 4 rings (SSSR count). The van der Waals surface area contributed by atoms with Crippen molar-refractivity contribution in [2.24, 2.45) is 0 Å². The standard InChI is InChI=1S/C26H28N6/c1-27-21-16-22(28-2)25(30-4)23(24(21)29-3)20-15-19(17-11-7-5-8-12-17)31-26(32-20)18-13-9-6-10-14-18/h5-16,27-30H,1-4H3. The van der Waals surface area contributed by atoms with Crippen molar-refractivity contribution in [3.8, 4) is 33.9 Å². The van der Waals surface area contributed by atoms with Crippen LogP contribution in [0.1, 0.15) is 0 Å². The van der Waals surface area contributed by atoms with Crippen LogP contribution < -0.4 is 21.3 Å². The van der Waals surface area contributed by atoms with E-state index < -0.39 is 0 Å². The molecular weight excluding hydrogens is 396 g/mol. The Kier molecular flexibility index (Phi) is 6.22. The topological polar surface area (TPSA) is 73.9 Å². The van der Waals surface area contributed by atoms with Gasteiger partial charge in [-0.15, -0.1) is 0 Å². The third-order valence-electron chi connectivity index (χ3n) is 5.45. The van der Waals surface area contributed by atoms with Crippen LogP contribution in [0.4, 0.5) is 22.7 Å². The molecule has 0 spiro atoms. The molecule has 162 valence electrons. The highest BCUT2D eigenvalue weighted by Crippen LogP contribution is 2.45. The highest BCUT2D eigenvalue weighted by molar-refractivity contribution is 6.01. The van der Waals surface area contributed by atoms with Crippen molar-refractivity contribution in [3.63, 3.8) is 0 Å². The molecule has 6 nitrogen and oxygen atoms in total. The lowest BCUT2D eigenvalue weighted by Crippen LogP contribution is -2.07. The first-order chi connectivity index (χ1) is 15.7. The van der Waals surface area contributed by atoms with E-state index in [1.54, 1.807) is 0 Å². The minimum atomic E-state index is 0.687. The van der Waals surface area contributed by atoms with E-state index in [-0.39, 0.29) is 0 Å². The molecule has 32 heavy (non-hydrogen) atoms. The Morgan fingerprint density at radius 3 is 1.53 bits per heavy atom. The summed E-state index contributed by atoms with van der Waals surface area (Å²) in [5, 5.41) is 13.3. The van der Waals surface area contributed by atoms with Gasteiger partial charge in [-0.05, 0) is 12.1 Å². The summed E-state index contributed by atoms with van der Waals surface area (Å²) < 4.78 is 0. The lowest BCUT2D eigenvalue weighted by atomic mass is 10.0. The van der Waals surface area contributed by atoms with Crippen molar-refractivity contribution in [1.29, 1.82) is 0 Å². The number of nitrogens with one attached hydrogen (secondary N) is 4. The highest BCUT2D eigenvalue weighted by Gasteiger charge is 2.21. The van der Waals surface area contributed by atoms with Crippen molar-refractivity contribution in [2.75, 3.05) is 49.5 Å². The van der Waals surface area contributed by atoms with Crippen LogP contribution in [0.15, 0.2) is 72.8 Å². The molecular formula is C26H28N6. The van der Waals surface area contributed by atoms with E-state index in [1.807, 2.05) is 76.7 Å². The van der Waals surface area contributed by atoms with Gasteiger partial charge in [0.1, 0.15) is 0 Å². The van der Waals surface area contributed by atoms with Gasteiger partial charge in [-0.1, -0.05) is 60.7 Å². The van der Waals surface area contributed by atoms with Crippen LogP contribution >= 0.6 is 0 Å². The number of anilines is 4. The van der Waals surface area contributed by atoms with Gasteiger partial charge in [-0.3, -0.25) is 0 Å². The number of aromatic nitrogens is 2. The summed E-state index contributed by atoms with van der Waals surface area (Å²) in [7, 11) is 7.69. The molecule has 3 aromatic carbocycles. The Balaban J connectivity index is 2.06. The zero-order valence-corrected chi connectivity index (χ0v) is 18.8. The molecule has 0 fully saturated rings. The third kappa shape index (κ3) is 3.95. The normalized spacial score (nSPS) is 10.5. The highest BCUT2D eigenvalue weighted by atomic mass is 15.0. The second-order valence-electron chi connectivity index (χ2n) is 7.29. The third-order valence-corrected chi connectivity index (χ3v) is 5.45. The van der Waals surface area contributed by atoms with Crippen LogP contribution in [-0.4, -0.2) is 38.2 Å². The van der Waals surface area contributed by atoms with Crippen molar-refractivity contribution in [3.05, 3.63) is 72.8 Å². The van der Waals surface area contributed by atoms with Crippen molar-refractivity contribution < 1.29 is 0 Å². The fourth-order valence-corrected chi connectivity index (χ4v) is 3.90. The van der Waals surface area contributed by atoms with Crippen LogP contribution in [0, 0.1) is 0 Å². The summed E-state index contributed by atoms with van der Waals surface area (Å²) in [4.78, 5) is 9.93. The van der Waals surface area contributed by atoms with E-state index in [9.17, 15) is 0 Å². The number of rotatable bonds is 7. The van der Waals surface area contributed by atoms with E-state index in [1.165, 1.54) is 0 Å². The first-order valence-electron chi connectivity index (χ1n) is 10.6. The van der Waals surface area contributed by atoms with Gasteiger partial charge >= 0.3 is 0 Å². The molecule has 0 amide bonds. The number of hydrogen-bond acceptors (Lipinski definition) is 6. The maximum Gasteiger partial charge on any atom is 0.160 e. The predicted molar refractivity (Wildman–Crippen MR) is 137 cm³/mol. The molecule has 0 bridgehead atoms. The van der Waals surface area contributed by atoms with E-state index >= 15 is 0 Å². The monoisotopic (exact) mass is 424 g/mol. The van der Waals surface area contributed by atoms with E-state index in [4.69, 9.17) is 9.97 Å². The van der Waals surface area contributed by atoms with Gasteiger partial charge in [0.15, 0.2) is 5.82 Å². The van der Waals surface area contributed by atoms with Crippen LogP contribution in [0.5, 0.6) is 0 Å². The predicted octanol–water partition coefficient (Wildman–Crippen LogP) is 5.64. The number of hydrogen-bond donors (Lipinski definition) is 4. The van der Waals surface area contributed by atoms with E-state index in [2.05, 4.69) is 45.5 Å². The second-order valence-corrected chi connectivity index (χ2v) is 7.29. The van der Waals surface area contributed by atoms with E-state index in [0.29, 0.717) is 5.82 Å². The Labute approximate surface area is 189 Å². The molecule has 4 aromatic rings. The fourth-order valence-electron chi connectivity index (χ4n) is 3.90. The molecule has 0 aliphatic heterocycles. The van der Waals surface area contributed by atoms with Crippen LogP contribution in [-0.2, 0) is 0 Å². The maximum atomic E-state index is 5.02. The van der Waals surface area contributed by atoms with Gasteiger partial charge in [0, 0.05) is 39.3 Å². The molecule has 0 radical (unpaired) electrons. The Hall–Kier alpha value is -4.06. The van der Waals surface area contributed by atoms with Gasteiger partial charge in [0.2, 0.25) is 0 Å². The van der Waals surface area contributed by atoms with Crippen LogP contribution in [0.25, 0.3) is 33.9 Å². The minimum Gasteiger partial charge on any atom is -0.386 e. The number of nitrogens with zero attached hydrogens (tertiary/aromatic N) is 2. The molecule has 0 aliphatic rings. The summed E-state index contributed by atoms with van der Waals surface area (Å²) in [6.45, 7) is 0. The van der Waals surface area contributed by atoms with Gasteiger partial charge in [-0.25, -0.2) is 9.97 Å². The lowest BCUT2D eigenvalue weighted by Gasteiger charge is -2.22. The largest absolute Gasteiger partial charge is 0.386 e. The lowest BCUT2D eigenvalue weighted by molar-refractivity contribution is 1.18. The quantitative estimate of drug-likeness (QED) is 0.307. The van der Waals surface area contributed by atoms with Crippen molar-refractivity contribution in [1.82, 2.24) is 9.97 Å². The van der Waals surface area contributed by atoms with Gasteiger partial charge in [0.05, 0.1) is 39.7 Å². The van der Waals surface area contributed by atoms with Crippen LogP contribution in [0.2, 0.25) is 0 Å². The first-order valence-corrected chi connectivity index (χ1v) is 10.6. The summed E-state index contributed by atoms with van der Waals surface area (Å²) in [6, 6.07) is 24.4. The average molecular weight is 425 g/mol. The average Bonchev–Trinajstić information content (AvgIpc) is 2.87. The van der Waals surface area contributed by atoms with Crippen molar-refractivity contribution >= 4 is 22.7 Å². The molecule has 1 heterocycles. The zero-order valence-electron chi connectivity index (χ0n) is 18.8. The fraction of sp³-hybridized carbons (Fsp3) is 0.154. The molecule has 4 N–H and O–H groups in total. The SMILES string of the molecule is CNc1cc(NC)c(NC)c(-c2cc(-c3ccccc3)nc(-c3ccccc3)n2)c1NC. The zero-order chi connectivity index (χ0) is 22.5. The molecule has 6 heteroatoms. The second kappa shape index (κ2) is 9.39. The summed E-state index contributed by atoms with van der Waals surface area (Å²) in [6.07, 6.45) is 0. The molecule has 0 unspecified atom stereocenters. The van der Waals surface area contributed by atoms with Gasteiger partial charge in [-0.2, -0.15) is 0 Å². The van der Waals surface area contributed by atoms with Crippen molar-refractivity contribution in [2.45, 2.75) is 0 Å². The molecule has 0 saturated carbocycles. The van der Waals surface area contributed by atoms with Gasteiger partial charge < -0.3 is 21.3 Å². The molecule has 0 atom stereocenters. The van der Waals surface area contributed by atoms with E-state index in [0.717, 1.165) is 50.8 Å². The van der Waals surface area contributed by atoms with Gasteiger partial charge in [0.25, 0.3) is 0 Å². The Bertz CT molecular complexity index is 1120. The first kappa shape index (κ1) is 21.2. The van der Waals surface area contributed by atoms with Crippen LogP contribution in [0.3, 0.4) is 0 Å². The summed E-state index contributed by atoms with van der Waals surface area (Å²) in [5.41, 5.74) is 8.59. The maximum absolute atomic E-state index is 5.02. The Morgan fingerprint density at radius 1 is 0.531 bits per heavy atom. The molecule has 1 aromatic heterocycles. The molecule has 0 saturated heterocycles. The molecule has 0 aliphatic carbocycles. The smallest absolute Gasteiger partial charge is 0.160 e. The summed E-state index contributed by atoms with van der Waals surface area (Å²) in [5.74, 6) is 0.687. The minimum absolute atomic E-state index is 0.687. The number of benzene rings is 3. The summed E-state index contributed by atoms with van der Waals surface area (Å²) >= 11 is 0. The Morgan fingerprint density at radius 2 is 1.03 bits per heavy atom.